The first-order valence-electron chi connectivity index (χ1n) is 9.17. The van der Waals surface area contributed by atoms with Crippen molar-refractivity contribution in [3.63, 3.8) is 0 Å². The smallest absolute Gasteiger partial charge is 0.309 e. The van der Waals surface area contributed by atoms with E-state index in [1.54, 1.807) is 6.20 Å². The van der Waals surface area contributed by atoms with Crippen LogP contribution in [0.25, 0.3) is 0 Å². The number of hydrogen-bond acceptors (Lipinski definition) is 4. The highest BCUT2D eigenvalue weighted by atomic mass is 32.2. The lowest BCUT2D eigenvalue weighted by Crippen LogP contribution is -2.28. The van der Waals surface area contributed by atoms with Crippen LogP contribution in [0.5, 0.6) is 0 Å². The Morgan fingerprint density at radius 2 is 2.03 bits per heavy atom. The molecule has 2 heterocycles. The number of pyridine rings is 1. The quantitative estimate of drug-likeness (QED) is 0.652. The summed E-state index contributed by atoms with van der Waals surface area (Å²) >= 11 is -2.03. The van der Waals surface area contributed by atoms with E-state index in [1.165, 1.54) is 10.9 Å². The first-order chi connectivity index (χ1) is 13.7. The van der Waals surface area contributed by atoms with Crippen LogP contribution < -0.4 is 5.32 Å². The summed E-state index contributed by atoms with van der Waals surface area (Å²) in [5.74, 6) is -0.184. The van der Waals surface area contributed by atoms with E-state index in [2.05, 4.69) is 15.4 Å². The van der Waals surface area contributed by atoms with Crippen molar-refractivity contribution in [2.24, 2.45) is 5.92 Å². The van der Waals surface area contributed by atoms with E-state index >= 15 is 0 Å². The Hall–Kier alpha value is -2.27. The van der Waals surface area contributed by atoms with E-state index in [0.29, 0.717) is 24.1 Å². The SMILES string of the molecule is O=C(Nc1ccc(C(F)(F)F)cn1)[C@H](CC1CCCC1)n1cc(CS(=O)O)cn1. The number of carbonyl (C=O) groups is 1. The van der Waals surface area contributed by atoms with Crippen LogP contribution in [0.4, 0.5) is 19.0 Å². The Morgan fingerprint density at radius 3 is 2.62 bits per heavy atom. The van der Waals surface area contributed by atoms with Gasteiger partial charge in [0.1, 0.15) is 11.9 Å². The molecule has 0 saturated heterocycles. The van der Waals surface area contributed by atoms with Gasteiger partial charge in [-0.15, -0.1) is 0 Å². The minimum Gasteiger partial charge on any atom is -0.309 e. The van der Waals surface area contributed by atoms with Crippen LogP contribution in [-0.2, 0) is 27.8 Å². The van der Waals surface area contributed by atoms with Crippen molar-refractivity contribution in [1.29, 1.82) is 0 Å². The van der Waals surface area contributed by atoms with Crippen LogP contribution in [0.15, 0.2) is 30.7 Å². The van der Waals surface area contributed by atoms with Crippen LogP contribution in [0.2, 0.25) is 0 Å². The third kappa shape index (κ3) is 5.86. The van der Waals surface area contributed by atoms with Gasteiger partial charge in [-0.2, -0.15) is 18.3 Å². The Balaban J connectivity index is 1.76. The number of amides is 1. The summed E-state index contributed by atoms with van der Waals surface area (Å²) in [7, 11) is 0. The first kappa shape index (κ1) is 21.4. The predicted octanol–water partition coefficient (Wildman–Crippen LogP) is 3.78. The normalized spacial score (nSPS) is 17.2. The average molecular weight is 430 g/mol. The number of alkyl halides is 3. The van der Waals surface area contributed by atoms with Gasteiger partial charge < -0.3 is 9.87 Å². The van der Waals surface area contributed by atoms with Crippen molar-refractivity contribution in [2.45, 2.75) is 50.1 Å². The molecule has 29 heavy (non-hydrogen) atoms. The first-order valence-corrected chi connectivity index (χ1v) is 10.4. The molecule has 0 aromatic carbocycles. The molecule has 0 spiro atoms. The lowest BCUT2D eigenvalue weighted by molar-refractivity contribution is -0.137. The Bertz CT molecular complexity index is 864. The fraction of sp³-hybridized carbons (Fsp3) is 0.500. The third-order valence-electron chi connectivity index (χ3n) is 4.94. The zero-order chi connectivity index (χ0) is 21.0. The number of carbonyl (C=O) groups excluding carboxylic acids is 1. The number of rotatable bonds is 7. The molecule has 158 valence electrons. The number of nitrogens with one attached hydrogen (secondary N) is 1. The zero-order valence-corrected chi connectivity index (χ0v) is 16.2. The van der Waals surface area contributed by atoms with Crippen LogP contribution in [0.3, 0.4) is 0 Å². The van der Waals surface area contributed by atoms with Crippen molar-refractivity contribution < 1.29 is 26.7 Å². The molecule has 1 amide bonds. The van der Waals surface area contributed by atoms with Gasteiger partial charge in [0.25, 0.3) is 0 Å². The van der Waals surface area contributed by atoms with Gasteiger partial charge in [0.15, 0.2) is 11.1 Å². The number of halogens is 3. The summed E-state index contributed by atoms with van der Waals surface area (Å²) in [5.41, 5.74) is -0.380. The van der Waals surface area contributed by atoms with Crippen LogP contribution in [0, 0.1) is 5.92 Å². The fourth-order valence-electron chi connectivity index (χ4n) is 3.51. The van der Waals surface area contributed by atoms with Gasteiger partial charge in [-0.3, -0.25) is 9.48 Å². The second kappa shape index (κ2) is 9.04. The molecular weight excluding hydrogens is 409 g/mol. The van der Waals surface area contributed by atoms with Gasteiger partial charge in [0, 0.05) is 18.0 Å². The Morgan fingerprint density at radius 1 is 1.31 bits per heavy atom. The lowest BCUT2D eigenvalue weighted by atomic mass is 9.98. The van der Waals surface area contributed by atoms with Gasteiger partial charge in [-0.25, -0.2) is 9.19 Å². The van der Waals surface area contributed by atoms with Crippen molar-refractivity contribution in [3.8, 4) is 0 Å². The highest BCUT2D eigenvalue weighted by Crippen LogP contribution is 2.33. The van der Waals surface area contributed by atoms with Crippen LogP contribution in [-0.4, -0.2) is 29.4 Å². The van der Waals surface area contributed by atoms with Crippen molar-refractivity contribution in [2.75, 3.05) is 5.32 Å². The van der Waals surface area contributed by atoms with E-state index in [4.69, 9.17) is 4.55 Å². The fourth-order valence-corrected chi connectivity index (χ4v) is 3.94. The van der Waals surface area contributed by atoms with Gasteiger partial charge in [0.2, 0.25) is 5.91 Å². The van der Waals surface area contributed by atoms with Crippen LogP contribution >= 0.6 is 0 Å². The summed E-state index contributed by atoms with van der Waals surface area (Å²) < 4.78 is 59.5. The largest absolute Gasteiger partial charge is 0.417 e. The van der Waals surface area contributed by atoms with Gasteiger partial charge in [0.05, 0.1) is 17.5 Å². The molecule has 1 aliphatic rings. The maximum absolute atomic E-state index is 12.9. The van der Waals surface area contributed by atoms with E-state index in [9.17, 15) is 22.2 Å². The molecule has 1 fully saturated rings. The summed E-state index contributed by atoms with van der Waals surface area (Å²) in [5, 5.41) is 6.72. The molecule has 2 aromatic rings. The number of anilines is 1. The monoisotopic (exact) mass is 430 g/mol. The van der Waals surface area contributed by atoms with Gasteiger partial charge >= 0.3 is 6.18 Å². The molecule has 2 N–H and O–H groups in total. The summed E-state index contributed by atoms with van der Waals surface area (Å²) in [6, 6.07) is 1.27. The van der Waals surface area contributed by atoms with Gasteiger partial charge in [-0.05, 0) is 24.5 Å². The Kier molecular flexibility index (Phi) is 6.68. The molecule has 1 unspecified atom stereocenters. The van der Waals surface area contributed by atoms with Crippen LogP contribution in [0.1, 0.15) is 49.3 Å². The minimum absolute atomic E-state index is 0.0169. The third-order valence-corrected chi connectivity index (χ3v) is 5.52. The lowest BCUT2D eigenvalue weighted by Gasteiger charge is -2.20. The maximum Gasteiger partial charge on any atom is 0.417 e. The molecule has 11 heteroatoms. The maximum atomic E-state index is 12.9. The van der Waals surface area contributed by atoms with E-state index < -0.39 is 34.8 Å². The Labute approximate surface area is 168 Å². The molecule has 1 aliphatic carbocycles. The molecule has 7 nitrogen and oxygen atoms in total. The molecule has 1 saturated carbocycles. The summed E-state index contributed by atoms with van der Waals surface area (Å²) in [4.78, 5) is 16.6. The average Bonchev–Trinajstić information content (AvgIpc) is 3.30. The van der Waals surface area contributed by atoms with Crippen molar-refractivity contribution in [3.05, 3.63) is 41.9 Å². The molecule has 0 bridgehead atoms. The summed E-state index contributed by atoms with van der Waals surface area (Å²) in [6.07, 6.45) is 3.85. The second-order valence-corrected chi connectivity index (χ2v) is 8.05. The molecule has 2 atom stereocenters. The number of aromatic nitrogens is 3. The van der Waals surface area contributed by atoms with Crippen molar-refractivity contribution >= 4 is 22.8 Å². The number of hydrogen-bond donors (Lipinski definition) is 2. The zero-order valence-electron chi connectivity index (χ0n) is 15.4. The molecule has 0 radical (unpaired) electrons. The predicted molar refractivity (Wildman–Crippen MR) is 100 cm³/mol. The molecule has 3 rings (SSSR count). The van der Waals surface area contributed by atoms with E-state index in [-0.39, 0.29) is 11.6 Å². The van der Waals surface area contributed by atoms with Crippen molar-refractivity contribution in [1.82, 2.24) is 14.8 Å². The highest BCUT2D eigenvalue weighted by Gasteiger charge is 2.31. The highest BCUT2D eigenvalue weighted by molar-refractivity contribution is 7.78. The minimum atomic E-state index is -4.50. The van der Waals surface area contributed by atoms with E-state index in [0.717, 1.165) is 37.8 Å². The molecular formula is C18H21F3N4O3S. The molecule has 0 aliphatic heterocycles. The van der Waals surface area contributed by atoms with Gasteiger partial charge in [-0.1, -0.05) is 25.7 Å². The number of nitrogens with zero attached hydrogens (tertiary/aromatic N) is 3. The molecule has 2 aromatic heterocycles. The summed E-state index contributed by atoms with van der Waals surface area (Å²) in [6.45, 7) is 0. The second-order valence-electron chi connectivity index (χ2n) is 7.12. The topological polar surface area (TPSA) is 97.1 Å². The standard InChI is InChI=1S/C18H21F3N4O3S/c19-18(20,21)14-5-6-16(22-9-14)24-17(26)15(7-12-3-1-2-4-12)25-10-13(8-23-25)11-29(27)28/h5-6,8-10,12,15H,1-4,7,11H2,(H,27,28)(H,22,24,26)/t15-/m0/s1. The van der Waals surface area contributed by atoms with E-state index in [1.807, 2.05) is 0 Å².